The van der Waals surface area contributed by atoms with Gasteiger partial charge >= 0.3 is 12.1 Å². The molecule has 0 aliphatic carbocycles. The molecule has 2 fully saturated rings. The summed E-state index contributed by atoms with van der Waals surface area (Å²) >= 11 is 1.49. The number of aromatic carboxylic acids is 1. The van der Waals surface area contributed by atoms with Crippen LogP contribution >= 0.6 is 11.3 Å². The third kappa shape index (κ3) is 4.67. The Hall–Kier alpha value is -2.65. The molecule has 2 aromatic rings. The number of hydrogen-bond donors (Lipinski definition) is 1. The number of ether oxygens (including phenoxy) is 3. The van der Waals surface area contributed by atoms with E-state index in [1.807, 2.05) is 27.7 Å². The highest BCUT2D eigenvalue weighted by Gasteiger charge is 2.54. The normalized spacial score (nSPS) is 22.6. The third-order valence-electron chi connectivity index (χ3n) is 5.24. The van der Waals surface area contributed by atoms with Gasteiger partial charge < -0.3 is 19.3 Å². The Balaban J connectivity index is 1.49. The van der Waals surface area contributed by atoms with E-state index in [9.17, 15) is 14.7 Å². The molecule has 31 heavy (non-hydrogen) atoms. The summed E-state index contributed by atoms with van der Waals surface area (Å²) in [6.45, 7) is 8.49. The molecule has 2 unspecified atom stereocenters. The van der Waals surface area contributed by atoms with Crippen LogP contribution in [0.3, 0.4) is 0 Å². The number of carboxylic acids is 1. The number of rotatable bonds is 5. The van der Waals surface area contributed by atoms with Crippen LogP contribution in [0.5, 0.6) is 5.75 Å². The number of carbonyl (C=O) groups is 2. The molecule has 0 saturated carbocycles. The predicted molar refractivity (Wildman–Crippen MR) is 115 cm³/mol. The largest absolute Gasteiger partial charge is 0.490 e. The van der Waals surface area contributed by atoms with Crippen LogP contribution in [-0.2, 0) is 9.47 Å². The van der Waals surface area contributed by atoms with Crippen LogP contribution in [0.2, 0.25) is 0 Å². The van der Waals surface area contributed by atoms with Crippen molar-refractivity contribution in [2.45, 2.75) is 51.4 Å². The lowest BCUT2D eigenvalue weighted by Gasteiger charge is -2.33. The van der Waals surface area contributed by atoms with Crippen molar-refractivity contribution < 1.29 is 28.9 Å². The number of likely N-dealkylation sites (tertiary alicyclic amines) is 1. The number of morpholine rings is 1. The minimum absolute atomic E-state index is 0.0438. The number of fused-ring (bicyclic) bond motifs is 2. The van der Waals surface area contributed by atoms with Crippen molar-refractivity contribution in [1.82, 2.24) is 9.88 Å². The molecule has 166 valence electrons. The maximum atomic E-state index is 12.5. The van der Waals surface area contributed by atoms with Crippen molar-refractivity contribution >= 4 is 23.4 Å². The standard InChI is InChI=1S/C22H26N2O6S/c1-13-9-23-18(31-13)14-5-15(19(25)26)7-17(6-14)28-12-22-8-16(10-29-22)24(11-22)20(27)30-21(2,3)4/h5-7,9,16H,8,10-12H2,1-4H3,(H,25,26). The molecule has 2 saturated heterocycles. The van der Waals surface area contributed by atoms with E-state index in [-0.39, 0.29) is 24.3 Å². The van der Waals surface area contributed by atoms with Crippen molar-refractivity contribution in [3.63, 3.8) is 0 Å². The number of aromatic nitrogens is 1. The van der Waals surface area contributed by atoms with E-state index in [4.69, 9.17) is 14.2 Å². The first-order valence-electron chi connectivity index (χ1n) is 10.1. The minimum Gasteiger partial charge on any atom is -0.490 e. The number of hydrogen-bond acceptors (Lipinski definition) is 7. The van der Waals surface area contributed by atoms with Crippen LogP contribution in [0.15, 0.2) is 24.4 Å². The molecule has 1 aromatic heterocycles. The lowest BCUT2D eigenvalue weighted by molar-refractivity contribution is -0.0709. The topological polar surface area (TPSA) is 98.2 Å². The lowest BCUT2D eigenvalue weighted by atomic mass is 10.0. The van der Waals surface area contributed by atoms with E-state index in [1.165, 1.54) is 17.4 Å². The van der Waals surface area contributed by atoms with Gasteiger partial charge in [0.2, 0.25) is 0 Å². The van der Waals surface area contributed by atoms with Gasteiger partial charge in [-0.1, -0.05) is 0 Å². The van der Waals surface area contributed by atoms with E-state index in [0.717, 1.165) is 9.88 Å². The molecule has 1 aromatic carbocycles. The number of benzene rings is 1. The lowest BCUT2D eigenvalue weighted by Crippen LogP contribution is -2.49. The fraction of sp³-hybridized carbons (Fsp3) is 0.500. The van der Waals surface area contributed by atoms with Crippen LogP contribution in [0.1, 0.15) is 42.4 Å². The fourth-order valence-electron chi connectivity index (χ4n) is 3.88. The van der Waals surface area contributed by atoms with E-state index in [1.54, 1.807) is 23.2 Å². The van der Waals surface area contributed by atoms with Crippen molar-refractivity contribution in [1.29, 1.82) is 0 Å². The molecular weight excluding hydrogens is 420 g/mol. The summed E-state index contributed by atoms with van der Waals surface area (Å²) in [4.78, 5) is 31.2. The van der Waals surface area contributed by atoms with Gasteiger partial charge in [-0.05, 0) is 45.9 Å². The minimum atomic E-state index is -1.03. The third-order valence-corrected chi connectivity index (χ3v) is 6.20. The second-order valence-corrected chi connectivity index (χ2v) is 10.3. The molecule has 1 N–H and O–H groups in total. The molecular formula is C22H26N2O6S. The van der Waals surface area contributed by atoms with Crippen LogP contribution in [0, 0.1) is 6.92 Å². The zero-order chi connectivity index (χ0) is 22.4. The first-order valence-corrected chi connectivity index (χ1v) is 10.9. The van der Waals surface area contributed by atoms with Crippen LogP contribution in [0.4, 0.5) is 4.79 Å². The van der Waals surface area contributed by atoms with Gasteiger partial charge in [-0.3, -0.25) is 4.90 Å². The average molecular weight is 447 g/mol. The Bertz CT molecular complexity index is 1010. The summed E-state index contributed by atoms with van der Waals surface area (Å²) in [6.07, 6.45) is 2.06. The quantitative estimate of drug-likeness (QED) is 0.742. The monoisotopic (exact) mass is 446 g/mol. The highest BCUT2D eigenvalue weighted by molar-refractivity contribution is 7.14. The highest BCUT2D eigenvalue weighted by Crippen LogP contribution is 2.39. The number of nitrogens with zero attached hydrogens (tertiary/aromatic N) is 2. The van der Waals surface area contributed by atoms with Gasteiger partial charge in [0.25, 0.3) is 0 Å². The molecule has 0 radical (unpaired) electrons. The first kappa shape index (κ1) is 21.6. The number of carboxylic acid groups (broad SMARTS) is 1. The number of amides is 1. The molecule has 2 atom stereocenters. The van der Waals surface area contributed by atoms with Gasteiger partial charge in [0.1, 0.15) is 28.6 Å². The van der Waals surface area contributed by atoms with E-state index < -0.39 is 17.2 Å². The van der Waals surface area contributed by atoms with Gasteiger partial charge in [-0.25, -0.2) is 14.6 Å². The van der Waals surface area contributed by atoms with Crippen molar-refractivity contribution in [3.05, 3.63) is 34.8 Å². The average Bonchev–Trinajstić information content (AvgIpc) is 3.39. The smallest absolute Gasteiger partial charge is 0.410 e. The summed E-state index contributed by atoms with van der Waals surface area (Å²) in [5.74, 6) is -0.604. The molecule has 0 spiro atoms. The maximum absolute atomic E-state index is 12.5. The Morgan fingerprint density at radius 2 is 2.13 bits per heavy atom. The first-order chi connectivity index (χ1) is 14.5. The summed E-state index contributed by atoms with van der Waals surface area (Å²) in [5.41, 5.74) is -0.369. The zero-order valence-electron chi connectivity index (χ0n) is 18.0. The molecule has 2 bridgehead atoms. The molecule has 1 amide bonds. The SMILES string of the molecule is Cc1cnc(-c2cc(OCC34CC(CO3)N(C(=O)OC(C)(C)C)C4)cc(C(=O)O)c2)s1. The number of carbonyl (C=O) groups excluding carboxylic acids is 1. The van der Waals surface area contributed by atoms with Gasteiger partial charge in [-0.15, -0.1) is 11.3 Å². The second kappa shape index (κ2) is 7.80. The van der Waals surface area contributed by atoms with Gasteiger partial charge in [0, 0.05) is 23.1 Å². The van der Waals surface area contributed by atoms with Gasteiger partial charge in [-0.2, -0.15) is 0 Å². The molecule has 9 heteroatoms. The van der Waals surface area contributed by atoms with Crippen LogP contribution < -0.4 is 4.74 Å². The Morgan fingerprint density at radius 3 is 2.77 bits per heavy atom. The molecule has 4 rings (SSSR count). The van der Waals surface area contributed by atoms with Crippen LogP contribution in [0.25, 0.3) is 10.6 Å². The van der Waals surface area contributed by atoms with Gasteiger partial charge in [0.15, 0.2) is 0 Å². The molecule has 2 aliphatic heterocycles. The Morgan fingerprint density at radius 1 is 1.35 bits per heavy atom. The maximum Gasteiger partial charge on any atom is 0.410 e. The summed E-state index contributed by atoms with van der Waals surface area (Å²) < 4.78 is 17.5. The highest BCUT2D eigenvalue weighted by atomic mass is 32.1. The van der Waals surface area contributed by atoms with Crippen molar-refractivity contribution in [2.24, 2.45) is 0 Å². The summed E-state index contributed by atoms with van der Waals surface area (Å²) in [5, 5.41) is 10.2. The second-order valence-electron chi connectivity index (χ2n) is 9.08. The number of aryl methyl sites for hydroxylation is 1. The molecule has 3 heterocycles. The van der Waals surface area contributed by atoms with Crippen LogP contribution in [-0.4, -0.2) is 64.1 Å². The predicted octanol–water partition coefficient (Wildman–Crippen LogP) is 3.97. The van der Waals surface area contributed by atoms with E-state index >= 15 is 0 Å². The van der Waals surface area contributed by atoms with E-state index in [2.05, 4.69) is 4.98 Å². The van der Waals surface area contributed by atoms with Crippen molar-refractivity contribution in [2.75, 3.05) is 19.8 Å². The Labute approximate surface area is 184 Å². The van der Waals surface area contributed by atoms with Crippen molar-refractivity contribution in [3.8, 4) is 16.3 Å². The summed E-state index contributed by atoms with van der Waals surface area (Å²) in [7, 11) is 0. The zero-order valence-corrected chi connectivity index (χ0v) is 18.8. The Kier molecular flexibility index (Phi) is 5.43. The molecule has 2 aliphatic rings. The fourth-order valence-corrected chi connectivity index (χ4v) is 4.63. The van der Waals surface area contributed by atoms with E-state index in [0.29, 0.717) is 30.9 Å². The number of thiazole rings is 1. The molecule has 8 nitrogen and oxygen atoms in total. The summed E-state index contributed by atoms with van der Waals surface area (Å²) in [6, 6.07) is 4.83. The van der Waals surface area contributed by atoms with Gasteiger partial charge in [0.05, 0.1) is 24.8 Å².